The third-order valence-electron chi connectivity index (χ3n) is 3.55. The highest BCUT2D eigenvalue weighted by molar-refractivity contribution is 7.91. The minimum absolute atomic E-state index is 0.268. The average molecular weight is 262 g/mol. The number of sulfone groups is 1. The number of hydrogen-bond acceptors (Lipinski definition) is 4. The van der Waals surface area contributed by atoms with Crippen molar-refractivity contribution in [1.29, 1.82) is 0 Å². The molecule has 0 aromatic carbocycles. The first-order valence-corrected chi connectivity index (χ1v) is 8.53. The first kappa shape index (κ1) is 14.9. The molecule has 1 heterocycles. The Kier molecular flexibility index (Phi) is 6.44. The molecule has 1 N–H and O–H groups in total. The van der Waals surface area contributed by atoms with Crippen LogP contribution in [-0.4, -0.2) is 57.5 Å². The molecule has 5 heteroatoms. The van der Waals surface area contributed by atoms with Gasteiger partial charge in [-0.2, -0.15) is 0 Å². The molecular formula is C12H26N2O2S. The monoisotopic (exact) mass is 262 g/mol. The van der Waals surface area contributed by atoms with E-state index in [1.807, 2.05) is 0 Å². The lowest BCUT2D eigenvalue weighted by Crippen LogP contribution is -2.39. The zero-order valence-corrected chi connectivity index (χ0v) is 11.9. The third-order valence-corrected chi connectivity index (χ3v) is 5.23. The second-order valence-corrected chi connectivity index (χ2v) is 7.30. The number of piperidine rings is 1. The summed E-state index contributed by atoms with van der Waals surface area (Å²) in [5.41, 5.74) is 0. The molecule has 17 heavy (non-hydrogen) atoms. The van der Waals surface area contributed by atoms with Crippen molar-refractivity contribution >= 4 is 9.84 Å². The van der Waals surface area contributed by atoms with Crippen LogP contribution in [0.1, 0.15) is 26.7 Å². The van der Waals surface area contributed by atoms with Gasteiger partial charge < -0.3 is 10.2 Å². The third kappa shape index (κ3) is 5.84. The maximum absolute atomic E-state index is 11.4. The van der Waals surface area contributed by atoms with Crippen LogP contribution in [0.25, 0.3) is 0 Å². The van der Waals surface area contributed by atoms with Crippen molar-refractivity contribution in [1.82, 2.24) is 10.2 Å². The quantitative estimate of drug-likeness (QED) is 0.735. The summed E-state index contributed by atoms with van der Waals surface area (Å²) >= 11 is 0. The predicted octanol–water partition coefficient (Wildman–Crippen LogP) is 0.743. The minimum Gasteiger partial charge on any atom is -0.317 e. The van der Waals surface area contributed by atoms with E-state index in [4.69, 9.17) is 0 Å². The van der Waals surface area contributed by atoms with E-state index in [-0.39, 0.29) is 5.75 Å². The standard InChI is InChI=1S/C12H26N2O2S/c1-3-13-11-12-5-7-14(8-6-12)9-10-17(15,16)4-2/h12-13H,3-11H2,1-2H3. The first-order chi connectivity index (χ1) is 8.07. The highest BCUT2D eigenvalue weighted by Crippen LogP contribution is 2.16. The molecule has 1 saturated heterocycles. The molecule has 0 saturated carbocycles. The van der Waals surface area contributed by atoms with Crippen molar-refractivity contribution in [3.8, 4) is 0 Å². The molecule has 1 aliphatic rings. The van der Waals surface area contributed by atoms with E-state index in [0.29, 0.717) is 12.3 Å². The fourth-order valence-corrected chi connectivity index (χ4v) is 3.00. The van der Waals surface area contributed by atoms with Crippen LogP contribution >= 0.6 is 0 Å². The summed E-state index contributed by atoms with van der Waals surface area (Å²) in [5.74, 6) is 1.36. The number of nitrogens with zero attached hydrogens (tertiary/aromatic N) is 1. The van der Waals surface area contributed by atoms with Crippen molar-refractivity contribution < 1.29 is 8.42 Å². The molecule has 0 spiro atoms. The summed E-state index contributed by atoms with van der Waals surface area (Å²) < 4.78 is 22.8. The summed E-state index contributed by atoms with van der Waals surface area (Å²) in [6, 6.07) is 0. The first-order valence-electron chi connectivity index (χ1n) is 6.71. The summed E-state index contributed by atoms with van der Waals surface area (Å²) in [6.45, 7) is 8.81. The lowest BCUT2D eigenvalue weighted by atomic mass is 9.97. The van der Waals surface area contributed by atoms with Crippen LogP contribution in [0, 0.1) is 5.92 Å². The van der Waals surface area contributed by atoms with Gasteiger partial charge in [-0.3, -0.25) is 0 Å². The van der Waals surface area contributed by atoms with Gasteiger partial charge in [-0.25, -0.2) is 8.42 Å². The van der Waals surface area contributed by atoms with Gasteiger partial charge in [-0.1, -0.05) is 13.8 Å². The van der Waals surface area contributed by atoms with Gasteiger partial charge in [0.15, 0.2) is 9.84 Å². The van der Waals surface area contributed by atoms with E-state index < -0.39 is 9.84 Å². The summed E-state index contributed by atoms with van der Waals surface area (Å²) in [6.07, 6.45) is 2.39. The van der Waals surface area contributed by atoms with Crippen molar-refractivity contribution in [3.05, 3.63) is 0 Å². The molecule has 102 valence electrons. The van der Waals surface area contributed by atoms with E-state index in [1.54, 1.807) is 6.92 Å². The highest BCUT2D eigenvalue weighted by atomic mass is 32.2. The van der Waals surface area contributed by atoms with E-state index in [1.165, 1.54) is 12.8 Å². The molecule has 0 aromatic rings. The Hall–Kier alpha value is -0.130. The van der Waals surface area contributed by atoms with Crippen LogP contribution in [0.4, 0.5) is 0 Å². The summed E-state index contributed by atoms with van der Waals surface area (Å²) in [4.78, 5) is 2.29. The maximum atomic E-state index is 11.4. The Bertz CT molecular complexity index is 296. The van der Waals surface area contributed by atoms with Gasteiger partial charge in [-0.05, 0) is 44.9 Å². The predicted molar refractivity (Wildman–Crippen MR) is 72.0 cm³/mol. The van der Waals surface area contributed by atoms with Crippen LogP contribution in [0.2, 0.25) is 0 Å². The number of likely N-dealkylation sites (tertiary alicyclic amines) is 1. The Morgan fingerprint density at radius 3 is 2.41 bits per heavy atom. The van der Waals surface area contributed by atoms with E-state index in [2.05, 4.69) is 17.1 Å². The van der Waals surface area contributed by atoms with Crippen molar-refractivity contribution in [2.45, 2.75) is 26.7 Å². The lowest BCUT2D eigenvalue weighted by molar-refractivity contribution is 0.191. The van der Waals surface area contributed by atoms with Crippen molar-refractivity contribution in [2.24, 2.45) is 5.92 Å². The van der Waals surface area contributed by atoms with Gasteiger partial charge >= 0.3 is 0 Å². The topological polar surface area (TPSA) is 49.4 Å². The zero-order valence-electron chi connectivity index (χ0n) is 11.1. The van der Waals surface area contributed by atoms with Crippen molar-refractivity contribution in [3.63, 3.8) is 0 Å². The summed E-state index contributed by atoms with van der Waals surface area (Å²) in [7, 11) is -2.80. The van der Waals surface area contributed by atoms with Gasteiger partial charge in [-0.15, -0.1) is 0 Å². The number of hydrogen-bond donors (Lipinski definition) is 1. The molecule has 0 atom stereocenters. The van der Waals surface area contributed by atoms with Crippen LogP contribution in [0.5, 0.6) is 0 Å². The molecule has 4 nitrogen and oxygen atoms in total. The second kappa shape index (κ2) is 7.34. The van der Waals surface area contributed by atoms with Gasteiger partial charge in [0.05, 0.1) is 5.75 Å². The molecule has 0 aromatic heterocycles. The number of rotatable bonds is 7. The molecule has 0 unspecified atom stereocenters. The fraction of sp³-hybridized carbons (Fsp3) is 1.00. The van der Waals surface area contributed by atoms with Gasteiger partial charge in [0.1, 0.15) is 0 Å². The minimum atomic E-state index is -2.80. The Morgan fingerprint density at radius 1 is 1.24 bits per heavy atom. The van der Waals surface area contributed by atoms with Gasteiger partial charge in [0.2, 0.25) is 0 Å². The van der Waals surface area contributed by atoms with E-state index in [9.17, 15) is 8.42 Å². The smallest absolute Gasteiger partial charge is 0.151 e. The van der Waals surface area contributed by atoms with Crippen LogP contribution < -0.4 is 5.32 Å². The Morgan fingerprint density at radius 2 is 1.88 bits per heavy atom. The molecular weight excluding hydrogens is 236 g/mol. The maximum Gasteiger partial charge on any atom is 0.151 e. The molecule has 0 bridgehead atoms. The Balaban J connectivity index is 2.19. The van der Waals surface area contributed by atoms with Gasteiger partial charge in [0, 0.05) is 12.3 Å². The molecule has 1 aliphatic heterocycles. The van der Waals surface area contributed by atoms with E-state index >= 15 is 0 Å². The largest absolute Gasteiger partial charge is 0.317 e. The van der Waals surface area contributed by atoms with Crippen molar-refractivity contribution in [2.75, 3.05) is 44.2 Å². The fourth-order valence-electron chi connectivity index (χ4n) is 2.18. The van der Waals surface area contributed by atoms with E-state index in [0.717, 1.165) is 32.1 Å². The molecule has 1 fully saturated rings. The molecule has 1 rings (SSSR count). The zero-order chi connectivity index (χ0) is 12.7. The van der Waals surface area contributed by atoms with Crippen LogP contribution in [0.3, 0.4) is 0 Å². The average Bonchev–Trinajstić information content (AvgIpc) is 2.35. The normalized spacial score (nSPS) is 19.6. The number of nitrogens with one attached hydrogen (secondary N) is 1. The SMILES string of the molecule is CCNCC1CCN(CCS(=O)(=O)CC)CC1. The second-order valence-electron chi connectivity index (χ2n) is 4.83. The molecule has 0 aliphatic carbocycles. The van der Waals surface area contributed by atoms with Crippen LogP contribution in [0.15, 0.2) is 0 Å². The van der Waals surface area contributed by atoms with Crippen LogP contribution in [-0.2, 0) is 9.84 Å². The summed E-state index contributed by atoms with van der Waals surface area (Å²) in [5, 5.41) is 3.38. The molecule has 0 amide bonds. The highest BCUT2D eigenvalue weighted by Gasteiger charge is 2.19. The van der Waals surface area contributed by atoms with Gasteiger partial charge in [0.25, 0.3) is 0 Å². The molecule has 0 radical (unpaired) electrons. The Labute approximate surface area is 106 Å². The lowest BCUT2D eigenvalue weighted by Gasteiger charge is -2.31.